The molecule has 0 unspecified atom stereocenters. The number of hydrogen-bond acceptors (Lipinski definition) is 4. The van der Waals surface area contributed by atoms with Gasteiger partial charge in [0, 0.05) is 5.69 Å². The van der Waals surface area contributed by atoms with Crippen molar-refractivity contribution in [3.63, 3.8) is 0 Å². The lowest BCUT2D eigenvalue weighted by atomic mass is 10.3. The molecule has 0 aromatic heterocycles. The highest BCUT2D eigenvalue weighted by Gasteiger charge is 2.27. The molecular weight excluding hydrogens is 230 g/mol. The maximum Gasteiger partial charge on any atom is 0.267 e. The van der Waals surface area contributed by atoms with Gasteiger partial charge in [-0.25, -0.2) is 17.7 Å². The maximum absolute atomic E-state index is 11.9. The first kappa shape index (κ1) is 10.6. The molecule has 0 spiro atoms. The van der Waals surface area contributed by atoms with Crippen molar-refractivity contribution in [3.8, 4) is 0 Å². The fraction of sp³-hybridized carbons (Fsp3) is 0.111. The first-order chi connectivity index (χ1) is 7.50. The molecular formula is C9H9N3O3S. The number of rotatable bonds is 2. The van der Waals surface area contributed by atoms with Crippen molar-refractivity contribution in [2.24, 2.45) is 4.99 Å². The number of carbonyl (C=O) groups excluding carboxylic acids is 1. The second kappa shape index (κ2) is 3.60. The number of carbonyl (C=O) groups is 1. The highest BCUT2D eigenvalue weighted by atomic mass is 32.2. The molecule has 84 valence electrons. The van der Waals surface area contributed by atoms with Gasteiger partial charge in [-0.3, -0.25) is 4.79 Å². The zero-order valence-corrected chi connectivity index (χ0v) is 9.02. The van der Waals surface area contributed by atoms with Gasteiger partial charge in [-0.2, -0.15) is 0 Å². The monoisotopic (exact) mass is 239 g/mol. The fourth-order valence-corrected chi connectivity index (χ4v) is 2.47. The Labute approximate surface area is 92.4 Å². The van der Waals surface area contributed by atoms with Crippen LogP contribution in [0, 0.1) is 0 Å². The fourth-order valence-electron chi connectivity index (χ4n) is 1.27. The highest BCUT2D eigenvalue weighted by molar-refractivity contribution is 7.89. The van der Waals surface area contributed by atoms with E-state index < -0.39 is 15.9 Å². The summed E-state index contributed by atoms with van der Waals surface area (Å²) in [6, 6.07) is 5.76. The van der Waals surface area contributed by atoms with Gasteiger partial charge in [0.2, 0.25) is 0 Å². The Balaban J connectivity index is 2.36. The topological polar surface area (TPSA) is 92.8 Å². The normalized spacial score (nSPS) is 15.8. The van der Waals surface area contributed by atoms with Crippen molar-refractivity contribution >= 4 is 28.0 Å². The van der Waals surface area contributed by atoms with Crippen LogP contribution in [0.3, 0.4) is 0 Å². The Bertz CT molecular complexity index is 548. The van der Waals surface area contributed by atoms with Crippen LogP contribution in [-0.4, -0.2) is 31.5 Å². The average Bonchev–Trinajstić information content (AvgIpc) is 2.66. The summed E-state index contributed by atoms with van der Waals surface area (Å²) in [5.74, 6) is -0.473. The molecule has 0 radical (unpaired) electrons. The van der Waals surface area contributed by atoms with Crippen molar-refractivity contribution in [2.45, 2.75) is 4.90 Å². The van der Waals surface area contributed by atoms with Crippen LogP contribution in [-0.2, 0) is 14.8 Å². The smallest absolute Gasteiger partial charge is 0.267 e. The molecule has 1 aliphatic heterocycles. The first-order valence-electron chi connectivity index (χ1n) is 4.44. The molecule has 1 amide bonds. The third kappa shape index (κ3) is 1.76. The van der Waals surface area contributed by atoms with Crippen LogP contribution in [0.1, 0.15) is 0 Å². The van der Waals surface area contributed by atoms with E-state index in [0.717, 1.165) is 10.6 Å². The molecule has 1 heterocycles. The lowest BCUT2D eigenvalue weighted by Gasteiger charge is -2.13. The summed E-state index contributed by atoms with van der Waals surface area (Å²) in [7, 11) is -3.68. The summed E-state index contributed by atoms with van der Waals surface area (Å²) >= 11 is 0. The summed E-state index contributed by atoms with van der Waals surface area (Å²) in [4.78, 5) is 14.3. The van der Waals surface area contributed by atoms with Gasteiger partial charge in [-0.15, -0.1) is 0 Å². The van der Waals surface area contributed by atoms with E-state index in [1.807, 2.05) is 0 Å². The summed E-state index contributed by atoms with van der Waals surface area (Å²) in [5.41, 5.74) is 5.93. The van der Waals surface area contributed by atoms with Gasteiger partial charge >= 0.3 is 0 Å². The summed E-state index contributed by atoms with van der Waals surface area (Å²) in [5, 5.41) is 0. The van der Waals surface area contributed by atoms with Crippen LogP contribution >= 0.6 is 0 Å². The zero-order valence-electron chi connectivity index (χ0n) is 8.20. The molecule has 16 heavy (non-hydrogen) atoms. The lowest BCUT2D eigenvalue weighted by molar-refractivity contribution is -0.116. The molecule has 7 heteroatoms. The van der Waals surface area contributed by atoms with E-state index in [9.17, 15) is 13.2 Å². The standard InChI is InChI=1S/C9H9N3O3S/c10-7-1-3-8(4-2-7)16(14,15)12-5-9(13)11-6-12/h1-4,6H,5,10H2. The second-order valence-electron chi connectivity index (χ2n) is 3.26. The van der Waals surface area contributed by atoms with Crippen molar-refractivity contribution in [1.29, 1.82) is 0 Å². The van der Waals surface area contributed by atoms with E-state index in [0.29, 0.717) is 5.69 Å². The largest absolute Gasteiger partial charge is 0.399 e. The Morgan fingerprint density at radius 3 is 2.38 bits per heavy atom. The number of nitrogens with zero attached hydrogens (tertiary/aromatic N) is 2. The molecule has 0 saturated heterocycles. The second-order valence-corrected chi connectivity index (χ2v) is 5.15. The predicted octanol–water partition coefficient (Wildman–Crippen LogP) is -0.172. The number of amides is 1. The lowest BCUT2D eigenvalue weighted by Crippen LogP contribution is -2.29. The van der Waals surface area contributed by atoms with Crippen LogP contribution in [0.15, 0.2) is 34.2 Å². The minimum atomic E-state index is -3.68. The van der Waals surface area contributed by atoms with Crippen molar-refractivity contribution in [3.05, 3.63) is 24.3 Å². The SMILES string of the molecule is Nc1ccc(S(=O)(=O)N2C=NC(=O)C2)cc1. The van der Waals surface area contributed by atoms with E-state index in [-0.39, 0.29) is 11.4 Å². The number of hydrogen-bond donors (Lipinski definition) is 1. The molecule has 6 nitrogen and oxygen atoms in total. The highest BCUT2D eigenvalue weighted by Crippen LogP contribution is 2.17. The van der Waals surface area contributed by atoms with Crippen molar-refractivity contribution in [2.75, 3.05) is 12.3 Å². The summed E-state index contributed by atoms with van der Waals surface area (Å²) in [6.07, 6.45) is 1.02. The number of nitrogen functional groups attached to an aromatic ring is 1. The minimum Gasteiger partial charge on any atom is -0.399 e. The van der Waals surface area contributed by atoms with Gasteiger partial charge in [0.15, 0.2) is 0 Å². The van der Waals surface area contributed by atoms with Gasteiger partial charge in [-0.1, -0.05) is 0 Å². The third-order valence-electron chi connectivity index (χ3n) is 2.11. The van der Waals surface area contributed by atoms with Crippen LogP contribution in [0.5, 0.6) is 0 Å². The van der Waals surface area contributed by atoms with Crippen molar-refractivity contribution in [1.82, 2.24) is 4.31 Å². The third-order valence-corrected chi connectivity index (χ3v) is 3.82. The van der Waals surface area contributed by atoms with E-state index in [1.165, 1.54) is 24.3 Å². The van der Waals surface area contributed by atoms with E-state index in [2.05, 4.69) is 4.99 Å². The molecule has 2 N–H and O–H groups in total. The molecule has 0 atom stereocenters. The Morgan fingerprint density at radius 1 is 1.25 bits per heavy atom. The Morgan fingerprint density at radius 2 is 1.88 bits per heavy atom. The van der Waals surface area contributed by atoms with Gasteiger partial charge in [-0.05, 0) is 24.3 Å². The number of benzene rings is 1. The van der Waals surface area contributed by atoms with E-state index >= 15 is 0 Å². The van der Waals surface area contributed by atoms with Gasteiger partial charge in [0.25, 0.3) is 15.9 Å². The van der Waals surface area contributed by atoms with Crippen molar-refractivity contribution < 1.29 is 13.2 Å². The Kier molecular flexibility index (Phi) is 2.39. The van der Waals surface area contributed by atoms with Crippen LogP contribution in [0.2, 0.25) is 0 Å². The van der Waals surface area contributed by atoms with Crippen LogP contribution in [0.25, 0.3) is 0 Å². The van der Waals surface area contributed by atoms with Crippen LogP contribution < -0.4 is 5.73 Å². The van der Waals surface area contributed by atoms with Gasteiger partial charge in [0.1, 0.15) is 12.9 Å². The molecule has 1 aromatic rings. The molecule has 0 fully saturated rings. The number of sulfonamides is 1. The summed E-state index contributed by atoms with van der Waals surface area (Å²) < 4.78 is 24.8. The average molecular weight is 239 g/mol. The molecule has 0 aliphatic carbocycles. The first-order valence-corrected chi connectivity index (χ1v) is 5.88. The molecule has 1 aliphatic rings. The molecule has 0 saturated carbocycles. The zero-order chi connectivity index (χ0) is 11.8. The maximum atomic E-state index is 11.9. The molecule has 0 bridgehead atoms. The number of anilines is 1. The predicted molar refractivity (Wildman–Crippen MR) is 58.2 cm³/mol. The van der Waals surface area contributed by atoms with E-state index in [4.69, 9.17) is 5.73 Å². The molecule has 2 rings (SSSR count). The van der Waals surface area contributed by atoms with Crippen LogP contribution in [0.4, 0.5) is 5.69 Å². The van der Waals surface area contributed by atoms with Gasteiger partial charge < -0.3 is 5.73 Å². The van der Waals surface area contributed by atoms with Gasteiger partial charge in [0.05, 0.1) is 4.90 Å². The summed E-state index contributed by atoms with van der Waals surface area (Å²) in [6.45, 7) is -0.243. The van der Waals surface area contributed by atoms with E-state index in [1.54, 1.807) is 0 Å². The Hall–Kier alpha value is -1.89. The molecule has 1 aromatic carbocycles. The minimum absolute atomic E-state index is 0.0860. The number of nitrogens with two attached hydrogens (primary N) is 1. The quantitative estimate of drug-likeness (QED) is 0.725. The number of aliphatic imine (C=N–C) groups is 1.